The van der Waals surface area contributed by atoms with Crippen LogP contribution in [-0.4, -0.2) is 13.1 Å². The number of hydrogen-bond acceptors (Lipinski definition) is 5. The van der Waals surface area contributed by atoms with Crippen LogP contribution < -0.4 is 10.4 Å². The maximum absolute atomic E-state index is 13.6. The number of esters is 1. The molecule has 0 aliphatic carbocycles. The van der Waals surface area contributed by atoms with Crippen LogP contribution in [0.2, 0.25) is 0 Å². The van der Waals surface area contributed by atoms with Gasteiger partial charge in [0, 0.05) is 23.1 Å². The molecule has 0 fully saturated rings. The summed E-state index contributed by atoms with van der Waals surface area (Å²) in [4.78, 5) is 23.6. The molecule has 0 saturated carbocycles. The van der Waals surface area contributed by atoms with Gasteiger partial charge in [0.05, 0.1) is 7.11 Å². The molecule has 7 heteroatoms. The highest BCUT2D eigenvalue weighted by molar-refractivity contribution is 5.90. The summed E-state index contributed by atoms with van der Waals surface area (Å²) >= 11 is 0. The summed E-state index contributed by atoms with van der Waals surface area (Å²) < 4.78 is 42.3. The van der Waals surface area contributed by atoms with Crippen molar-refractivity contribution in [3.8, 4) is 5.75 Å². The molecule has 5 nitrogen and oxygen atoms in total. The Bertz CT molecular complexity index is 990. The van der Waals surface area contributed by atoms with Crippen LogP contribution in [0.4, 0.5) is 8.78 Å². The first-order valence-electron chi connectivity index (χ1n) is 7.21. The first kappa shape index (κ1) is 16.6. The monoisotopic (exact) mass is 346 g/mol. The maximum Gasteiger partial charge on any atom is 0.344 e. The molecule has 0 N–H and O–H groups in total. The van der Waals surface area contributed by atoms with E-state index in [0.717, 1.165) is 24.3 Å². The quantitative estimate of drug-likeness (QED) is 0.535. The van der Waals surface area contributed by atoms with Crippen molar-refractivity contribution in [1.82, 2.24) is 0 Å². The Morgan fingerprint density at radius 2 is 1.84 bits per heavy atom. The van der Waals surface area contributed by atoms with Gasteiger partial charge >= 0.3 is 11.6 Å². The minimum atomic E-state index is -1.16. The Labute approximate surface area is 140 Å². The zero-order valence-corrected chi connectivity index (χ0v) is 13.0. The van der Waals surface area contributed by atoms with Gasteiger partial charge in [0.25, 0.3) is 0 Å². The molecule has 0 aliphatic heterocycles. The van der Waals surface area contributed by atoms with Crippen molar-refractivity contribution in [1.29, 1.82) is 0 Å². The molecule has 0 atom stereocenters. The van der Waals surface area contributed by atoms with Crippen molar-refractivity contribution in [2.45, 2.75) is 6.61 Å². The van der Waals surface area contributed by atoms with Crippen molar-refractivity contribution >= 4 is 16.9 Å². The first-order valence-corrected chi connectivity index (χ1v) is 7.21. The molecule has 0 radical (unpaired) electrons. The lowest BCUT2D eigenvalue weighted by Gasteiger charge is -2.09. The molecule has 0 spiro atoms. The standard InChI is InChI=1S/C18H12F2O5/c1-23-11-5-6-12-10(7-16(21)25-15(12)8-11)9-24-18(22)17-13(19)3-2-4-14(17)20/h2-8H,9H2,1H3. The summed E-state index contributed by atoms with van der Waals surface area (Å²) in [5.41, 5.74) is -0.839. The summed E-state index contributed by atoms with van der Waals surface area (Å²) in [6, 6.07) is 8.99. The van der Waals surface area contributed by atoms with Crippen molar-refractivity contribution in [2.24, 2.45) is 0 Å². The van der Waals surface area contributed by atoms with Crippen LogP contribution in [0.5, 0.6) is 5.75 Å². The molecule has 128 valence electrons. The third kappa shape index (κ3) is 3.35. The van der Waals surface area contributed by atoms with E-state index in [1.54, 1.807) is 12.1 Å². The molecular formula is C18H12F2O5. The van der Waals surface area contributed by atoms with Crippen LogP contribution in [0.1, 0.15) is 15.9 Å². The molecule has 1 heterocycles. The number of hydrogen-bond donors (Lipinski definition) is 0. The Balaban J connectivity index is 1.91. The first-order chi connectivity index (χ1) is 12.0. The molecule has 0 unspecified atom stereocenters. The summed E-state index contributed by atoms with van der Waals surface area (Å²) in [6.45, 7) is -0.346. The van der Waals surface area contributed by atoms with Crippen molar-refractivity contribution in [2.75, 3.05) is 7.11 Å². The minimum absolute atomic E-state index is 0.245. The van der Waals surface area contributed by atoms with E-state index in [4.69, 9.17) is 13.9 Å². The lowest BCUT2D eigenvalue weighted by atomic mass is 10.1. The van der Waals surface area contributed by atoms with Crippen LogP contribution in [0, 0.1) is 11.6 Å². The number of carbonyl (C=O) groups excluding carboxylic acids is 1. The van der Waals surface area contributed by atoms with Crippen molar-refractivity contribution < 1.29 is 27.5 Å². The summed E-state index contributed by atoms with van der Waals surface area (Å²) in [7, 11) is 1.47. The third-order valence-corrected chi connectivity index (χ3v) is 3.56. The van der Waals surface area contributed by atoms with Gasteiger partial charge < -0.3 is 13.9 Å². The number of carbonyl (C=O) groups is 1. The molecule has 0 bridgehead atoms. The molecule has 0 saturated heterocycles. The van der Waals surface area contributed by atoms with E-state index < -0.39 is 28.8 Å². The average Bonchev–Trinajstić information content (AvgIpc) is 2.58. The fourth-order valence-electron chi connectivity index (χ4n) is 2.36. The summed E-state index contributed by atoms with van der Waals surface area (Å²) in [5, 5.41) is 0.516. The fraction of sp³-hybridized carbons (Fsp3) is 0.111. The second kappa shape index (κ2) is 6.72. The van der Waals surface area contributed by atoms with Gasteiger partial charge in [-0.3, -0.25) is 0 Å². The smallest absolute Gasteiger partial charge is 0.344 e. The lowest BCUT2D eigenvalue weighted by molar-refractivity contribution is 0.0462. The number of benzene rings is 2. The predicted molar refractivity (Wildman–Crippen MR) is 84.5 cm³/mol. The van der Waals surface area contributed by atoms with E-state index in [1.807, 2.05) is 0 Å². The number of ether oxygens (including phenoxy) is 2. The minimum Gasteiger partial charge on any atom is -0.497 e. The molecule has 0 amide bonds. The Hall–Kier alpha value is -3.22. The Morgan fingerprint density at radius 3 is 2.52 bits per heavy atom. The number of methoxy groups -OCH3 is 1. The zero-order chi connectivity index (χ0) is 18.0. The maximum atomic E-state index is 13.6. The Morgan fingerprint density at radius 1 is 1.12 bits per heavy atom. The summed E-state index contributed by atoms with van der Waals surface area (Å²) in [6.07, 6.45) is 0. The van der Waals surface area contributed by atoms with Gasteiger partial charge in [0.15, 0.2) is 0 Å². The largest absolute Gasteiger partial charge is 0.497 e. The van der Waals surface area contributed by atoms with E-state index in [9.17, 15) is 18.4 Å². The van der Waals surface area contributed by atoms with Gasteiger partial charge in [0.1, 0.15) is 35.1 Å². The van der Waals surface area contributed by atoms with Crippen LogP contribution in [0.25, 0.3) is 11.0 Å². The van der Waals surface area contributed by atoms with Gasteiger partial charge in [0.2, 0.25) is 0 Å². The molecule has 3 aromatic rings. The van der Waals surface area contributed by atoms with Crippen LogP contribution >= 0.6 is 0 Å². The second-order valence-corrected chi connectivity index (χ2v) is 5.13. The SMILES string of the molecule is COc1ccc2c(COC(=O)c3c(F)cccc3F)cc(=O)oc2c1. The van der Waals surface area contributed by atoms with Gasteiger partial charge in [-0.05, 0) is 24.3 Å². The van der Waals surface area contributed by atoms with E-state index in [0.29, 0.717) is 16.7 Å². The van der Waals surface area contributed by atoms with Crippen molar-refractivity contribution in [3.05, 3.63) is 75.6 Å². The van der Waals surface area contributed by atoms with Crippen molar-refractivity contribution in [3.63, 3.8) is 0 Å². The van der Waals surface area contributed by atoms with E-state index in [1.165, 1.54) is 13.2 Å². The molecule has 0 aliphatic rings. The molecule has 1 aromatic heterocycles. The van der Waals surface area contributed by atoms with E-state index >= 15 is 0 Å². The topological polar surface area (TPSA) is 65.7 Å². The zero-order valence-electron chi connectivity index (χ0n) is 13.0. The summed E-state index contributed by atoms with van der Waals surface area (Å²) in [5.74, 6) is -2.72. The molecule has 25 heavy (non-hydrogen) atoms. The van der Waals surface area contributed by atoms with E-state index in [-0.39, 0.29) is 12.2 Å². The number of fused-ring (bicyclic) bond motifs is 1. The highest BCUT2D eigenvalue weighted by Crippen LogP contribution is 2.23. The highest BCUT2D eigenvalue weighted by atomic mass is 19.1. The fourth-order valence-corrected chi connectivity index (χ4v) is 2.36. The van der Waals surface area contributed by atoms with Crippen LogP contribution in [0.3, 0.4) is 0 Å². The van der Waals surface area contributed by atoms with Gasteiger partial charge in [-0.2, -0.15) is 0 Å². The lowest BCUT2D eigenvalue weighted by Crippen LogP contribution is -2.11. The van der Waals surface area contributed by atoms with Gasteiger partial charge in [-0.25, -0.2) is 18.4 Å². The number of rotatable bonds is 4. The second-order valence-electron chi connectivity index (χ2n) is 5.13. The molecular weight excluding hydrogens is 334 g/mol. The molecule has 2 aromatic carbocycles. The van der Waals surface area contributed by atoms with Crippen LogP contribution in [-0.2, 0) is 11.3 Å². The molecule has 3 rings (SSSR count). The van der Waals surface area contributed by atoms with Crippen LogP contribution in [0.15, 0.2) is 51.7 Å². The highest BCUT2D eigenvalue weighted by Gasteiger charge is 2.19. The normalized spacial score (nSPS) is 10.7. The van der Waals surface area contributed by atoms with Gasteiger partial charge in [-0.1, -0.05) is 6.07 Å². The van der Waals surface area contributed by atoms with E-state index in [2.05, 4.69) is 0 Å². The average molecular weight is 346 g/mol. The third-order valence-electron chi connectivity index (χ3n) is 3.56. The Kier molecular flexibility index (Phi) is 4.47. The number of halogens is 2. The predicted octanol–water partition coefficient (Wildman–Crippen LogP) is 3.44. The van der Waals surface area contributed by atoms with Gasteiger partial charge in [-0.15, -0.1) is 0 Å².